The largest absolute Gasteiger partial charge is 0.493 e. The number of aromatic nitrogens is 3. The molecule has 0 N–H and O–H groups in total. The van der Waals surface area contributed by atoms with Crippen molar-refractivity contribution in [3.8, 4) is 11.5 Å². The summed E-state index contributed by atoms with van der Waals surface area (Å²) < 4.78 is 12.8. The van der Waals surface area contributed by atoms with Gasteiger partial charge in [-0.15, -0.1) is 10.2 Å². The summed E-state index contributed by atoms with van der Waals surface area (Å²) >= 11 is 13.8. The van der Waals surface area contributed by atoms with Crippen LogP contribution in [0.5, 0.6) is 11.5 Å². The Balaban J connectivity index is 1.76. The van der Waals surface area contributed by atoms with Crippen molar-refractivity contribution < 1.29 is 9.47 Å². The van der Waals surface area contributed by atoms with E-state index >= 15 is 0 Å². The van der Waals surface area contributed by atoms with Crippen molar-refractivity contribution in [2.24, 2.45) is 0 Å². The molecule has 1 heterocycles. The lowest BCUT2D eigenvalue weighted by Crippen LogP contribution is -2.04. The molecule has 0 aliphatic rings. The second-order valence-corrected chi connectivity index (χ2v) is 7.82. The molecule has 0 fully saturated rings. The van der Waals surface area contributed by atoms with Gasteiger partial charge in [0.2, 0.25) is 0 Å². The van der Waals surface area contributed by atoms with Gasteiger partial charge in [0.1, 0.15) is 5.82 Å². The Morgan fingerprint density at radius 3 is 2.46 bits per heavy atom. The van der Waals surface area contributed by atoms with E-state index < -0.39 is 0 Å². The Kier molecular flexibility index (Phi) is 7.10. The summed E-state index contributed by atoms with van der Waals surface area (Å²) in [7, 11) is 3.26. The first kappa shape index (κ1) is 20.8. The first-order valence-electron chi connectivity index (χ1n) is 8.75. The van der Waals surface area contributed by atoms with E-state index in [1.54, 1.807) is 32.0 Å². The predicted molar refractivity (Wildman–Crippen MR) is 114 cm³/mol. The van der Waals surface area contributed by atoms with Crippen LogP contribution in [0, 0.1) is 0 Å². The summed E-state index contributed by atoms with van der Waals surface area (Å²) in [5, 5.41) is 10.9. The van der Waals surface area contributed by atoms with Crippen molar-refractivity contribution in [1.29, 1.82) is 0 Å². The lowest BCUT2D eigenvalue weighted by Gasteiger charge is -2.11. The van der Waals surface area contributed by atoms with Gasteiger partial charge in [0.05, 0.1) is 14.2 Å². The minimum atomic E-state index is 0.632. The molecule has 0 spiro atoms. The van der Waals surface area contributed by atoms with E-state index in [1.807, 2.05) is 30.3 Å². The molecule has 0 aliphatic carbocycles. The third-order valence-corrected chi connectivity index (χ3v) is 5.89. The first-order valence-corrected chi connectivity index (χ1v) is 10.5. The molecule has 3 aromatic rings. The number of rotatable bonds is 8. The zero-order chi connectivity index (χ0) is 20.1. The maximum absolute atomic E-state index is 6.27. The Bertz CT molecular complexity index is 963. The highest BCUT2D eigenvalue weighted by atomic mass is 35.5. The van der Waals surface area contributed by atoms with Crippen molar-refractivity contribution in [3.05, 3.63) is 63.4 Å². The number of nitrogens with zero attached hydrogens (tertiary/aromatic N) is 3. The minimum absolute atomic E-state index is 0.632. The molecular weight excluding hydrogens is 417 g/mol. The summed E-state index contributed by atoms with van der Waals surface area (Å²) in [5.74, 6) is 3.01. The van der Waals surface area contributed by atoms with Crippen molar-refractivity contribution >= 4 is 35.0 Å². The molecule has 28 heavy (non-hydrogen) atoms. The fourth-order valence-corrected chi connectivity index (χ4v) is 4.41. The van der Waals surface area contributed by atoms with Gasteiger partial charge in [0, 0.05) is 28.8 Å². The molecule has 148 valence electrons. The van der Waals surface area contributed by atoms with Crippen molar-refractivity contribution in [2.45, 2.75) is 30.8 Å². The number of halogens is 2. The van der Waals surface area contributed by atoms with Crippen molar-refractivity contribution in [2.75, 3.05) is 14.2 Å². The van der Waals surface area contributed by atoms with Gasteiger partial charge in [-0.3, -0.25) is 0 Å². The summed E-state index contributed by atoms with van der Waals surface area (Å²) in [4.78, 5) is 0. The molecule has 0 radical (unpaired) electrons. The van der Waals surface area contributed by atoms with E-state index in [0.717, 1.165) is 28.7 Å². The smallest absolute Gasteiger partial charge is 0.191 e. The number of benzene rings is 2. The van der Waals surface area contributed by atoms with Gasteiger partial charge in [0.15, 0.2) is 16.7 Å². The number of thioether (sulfide) groups is 1. The summed E-state index contributed by atoms with van der Waals surface area (Å²) in [5.41, 5.74) is 2.10. The maximum Gasteiger partial charge on any atom is 0.191 e. The Morgan fingerprint density at radius 2 is 1.79 bits per heavy atom. The van der Waals surface area contributed by atoms with E-state index in [1.165, 1.54) is 0 Å². The molecule has 1 aromatic heterocycles. The van der Waals surface area contributed by atoms with Crippen LogP contribution < -0.4 is 9.47 Å². The molecule has 8 heteroatoms. The Morgan fingerprint density at radius 1 is 1.00 bits per heavy atom. The fraction of sp³-hybridized carbons (Fsp3) is 0.300. The zero-order valence-corrected chi connectivity index (χ0v) is 18.2. The highest BCUT2D eigenvalue weighted by Gasteiger charge is 2.14. The standard InChI is InChI=1S/C20H21Cl2N3O2S/c1-4-25-19(10-13-5-8-17(26-2)18(9-13)27-3)23-24-20(25)28-12-14-6-7-15(21)11-16(14)22/h5-9,11H,4,10,12H2,1-3H3. The van der Waals surface area contributed by atoms with Gasteiger partial charge < -0.3 is 14.0 Å². The average Bonchev–Trinajstić information content (AvgIpc) is 3.08. The Labute approximate surface area is 179 Å². The minimum Gasteiger partial charge on any atom is -0.493 e. The van der Waals surface area contributed by atoms with Gasteiger partial charge in [-0.1, -0.05) is 47.1 Å². The molecule has 3 rings (SSSR count). The Hall–Kier alpha value is -1.89. The van der Waals surface area contributed by atoms with Crippen LogP contribution in [-0.2, 0) is 18.7 Å². The molecule has 0 unspecified atom stereocenters. The lowest BCUT2D eigenvalue weighted by molar-refractivity contribution is 0.354. The summed E-state index contributed by atoms with van der Waals surface area (Å²) in [6.45, 7) is 2.87. The van der Waals surface area contributed by atoms with Crippen LogP contribution in [-0.4, -0.2) is 29.0 Å². The molecule has 2 aromatic carbocycles. The number of ether oxygens (including phenoxy) is 2. The monoisotopic (exact) mass is 437 g/mol. The number of hydrogen-bond acceptors (Lipinski definition) is 5. The van der Waals surface area contributed by atoms with E-state index in [4.69, 9.17) is 32.7 Å². The van der Waals surface area contributed by atoms with Gasteiger partial charge in [0.25, 0.3) is 0 Å². The third kappa shape index (κ3) is 4.74. The SMILES string of the molecule is CCn1c(Cc2ccc(OC)c(OC)c2)nnc1SCc1ccc(Cl)cc1Cl. The van der Waals surface area contributed by atoms with Crippen LogP contribution in [0.1, 0.15) is 23.9 Å². The molecule has 0 saturated heterocycles. The maximum atomic E-state index is 6.27. The van der Waals surface area contributed by atoms with Crippen molar-refractivity contribution in [1.82, 2.24) is 14.8 Å². The van der Waals surface area contributed by atoms with Crippen LogP contribution in [0.15, 0.2) is 41.6 Å². The molecule has 0 amide bonds. The molecule has 0 atom stereocenters. The quantitative estimate of drug-likeness (QED) is 0.435. The second-order valence-electron chi connectivity index (χ2n) is 6.03. The topological polar surface area (TPSA) is 49.2 Å². The van der Waals surface area contributed by atoms with Crippen LogP contribution >= 0.6 is 35.0 Å². The van der Waals surface area contributed by atoms with Gasteiger partial charge in [-0.2, -0.15) is 0 Å². The highest BCUT2D eigenvalue weighted by molar-refractivity contribution is 7.98. The van der Waals surface area contributed by atoms with Crippen LogP contribution in [0.4, 0.5) is 0 Å². The molecule has 0 saturated carbocycles. The molecule has 0 bridgehead atoms. The molecule has 5 nitrogen and oxygen atoms in total. The highest BCUT2D eigenvalue weighted by Crippen LogP contribution is 2.30. The number of hydrogen-bond donors (Lipinski definition) is 0. The van der Waals surface area contributed by atoms with Gasteiger partial charge >= 0.3 is 0 Å². The second kappa shape index (κ2) is 9.54. The predicted octanol–water partition coefficient (Wildman–Crippen LogP) is 5.51. The van der Waals surface area contributed by atoms with E-state index in [-0.39, 0.29) is 0 Å². The van der Waals surface area contributed by atoms with Crippen LogP contribution in [0.25, 0.3) is 0 Å². The normalized spacial score (nSPS) is 10.9. The van der Waals surface area contributed by atoms with E-state index in [2.05, 4.69) is 21.7 Å². The zero-order valence-electron chi connectivity index (χ0n) is 15.9. The molecule has 0 aliphatic heterocycles. The van der Waals surface area contributed by atoms with Gasteiger partial charge in [-0.05, 0) is 42.3 Å². The average molecular weight is 438 g/mol. The third-order valence-electron chi connectivity index (χ3n) is 4.29. The van der Waals surface area contributed by atoms with Crippen LogP contribution in [0.2, 0.25) is 10.0 Å². The summed E-state index contributed by atoms with van der Waals surface area (Å²) in [6.07, 6.45) is 0.656. The summed E-state index contributed by atoms with van der Waals surface area (Å²) in [6, 6.07) is 11.4. The van der Waals surface area contributed by atoms with E-state index in [0.29, 0.717) is 33.7 Å². The van der Waals surface area contributed by atoms with E-state index in [9.17, 15) is 0 Å². The van der Waals surface area contributed by atoms with Gasteiger partial charge in [-0.25, -0.2) is 0 Å². The first-order chi connectivity index (χ1) is 13.5. The molecular formula is C20H21Cl2N3O2S. The number of methoxy groups -OCH3 is 2. The lowest BCUT2D eigenvalue weighted by atomic mass is 10.1. The fourth-order valence-electron chi connectivity index (χ4n) is 2.83. The van der Waals surface area contributed by atoms with Crippen molar-refractivity contribution in [3.63, 3.8) is 0 Å². The van der Waals surface area contributed by atoms with Crippen LogP contribution in [0.3, 0.4) is 0 Å².